The van der Waals surface area contributed by atoms with Crippen LogP contribution in [0, 0.1) is 5.41 Å². The fourth-order valence-corrected chi connectivity index (χ4v) is 5.53. The van der Waals surface area contributed by atoms with Gasteiger partial charge < -0.3 is 30.7 Å². The first-order valence-electron chi connectivity index (χ1n) is 15.9. The van der Waals surface area contributed by atoms with Gasteiger partial charge in [0.2, 0.25) is 17.7 Å². The van der Waals surface area contributed by atoms with Crippen molar-refractivity contribution >= 4 is 40.9 Å². The molecule has 10 heteroatoms. The summed E-state index contributed by atoms with van der Waals surface area (Å²) in [5.74, 6) is -0.800. The minimum absolute atomic E-state index is 0. The van der Waals surface area contributed by atoms with Crippen molar-refractivity contribution in [2.24, 2.45) is 5.41 Å². The molecule has 46 heavy (non-hydrogen) atoms. The van der Waals surface area contributed by atoms with Crippen molar-refractivity contribution in [3.05, 3.63) is 83.9 Å². The van der Waals surface area contributed by atoms with Gasteiger partial charge in [-0.3, -0.25) is 14.4 Å². The fourth-order valence-electron chi connectivity index (χ4n) is 5.53. The molecule has 3 amide bonds. The molecule has 0 spiro atoms. The van der Waals surface area contributed by atoms with E-state index in [1.807, 2.05) is 100 Å². The first-order chi connectivity index (χ1) is 21.5. The topological polar surface area (TPSA) is 120 Å². The van der Waals surface area contributed by atoms with Gasteiger partial charge in [0.1, 0.15) is 12.1 Å². The highest BCUT2D eigenvalue weighted by Crippen LogP contribution is 2.26. The molecule has 1 fully saturated rings. The Morgan fingerprint density at radius 2 is 1.63 bits per heavy atom. The number of amides is 3. The smallest absolute Gasteiger partial charge is 0.243 e. The normalized spacial score (nSPS) is 16.7. The molecule has 0 aliphatic carbocycles. The van der Waals surface area contributed by atoms with E-state index < -0.39 is 23.6 Å². The number of nitrogens with one attached hydrogen (secondary N) is 3. The van der Waals surface area contributed by atoms with Gasteiger partial charge in [-0.05, 0) is 41.7 Å². The second-order valence-electron chi connectivity index (χ2n) is 13.0. The lowest BCUT2D eigenvalue weighted by Crippen LogP contribution is -2.55. The van der Waals surface area contributed by atoms with Crippen molar-refractivity contribution in [3.63, 3.8) is 0 Å². The predicted molar refractivity (Wildman–Crippen MR) is 184 cm³/mol. The van der Waals surface area contributed by atoms with Crippen LogP contribution in [0.3, 0.4) is 0 Å². The molecular formula is C36H49ClN4O5. The Kier molecular flexibility index (Phi) is 14.0. The van der Waals surface area contributed by atoms with Crippen LogP contribution < -0.4 is 16.0 Å². The summed E-state index contributed by atoms with van der Waals surface area (Å²) in [6.45, 7) is 9.36. The molecule has 4 N–H and O–H groups in total. The second-order valence-corrected chi connectivity index (χ2v) is 13.0. The van der Waals surface area contributed by atoms with E-state index in [4.69, 9.17) is 4.74 Å². The first-order valence-corrected chi connectivity index (χ1v) is 15.9. The Bertz CT molecular complexity index is 1430. The number of likely N-dealkylation sites (tertiary alicyclic amines) is 1. The Morgan fingerprint density at radius 3 is 2.35 bits per heavy atom. The fraction of sp³-hybridized carbons (Fsp3) is 0.472. The van der Waals surface area contributed by atoms with Crippen molar-refractivity contribution in [3.8, 4) is 0 Å². The standard InChI is InChI=1S/C36H48N4O5.ClH/c1-25(45-24-26-11-6-5-7-12-26)21-37-22-30(41)23-38-33(42)31(20-27-16-17-28-13-8-9-14-29(28)19-27)39-34(43)32-15-10-18-40(32)35(44)36(2,3)4;/h5-9,11-14,16-17,19,25,30-32,37,41H,10,15,18,20-24H2,1-4H3,(H,38,42)(H,39,43);1H/t25-,30?,31-,32+;/m1./s1. The number of carbonyl (C=O) groups is 3. The van der Waals surface area contributed by atoms with Gasteiger partial charge in [0.05, 0.1) is 18.8 Å². The van der Waals surface area contributed by atoms with Crippen LogP contribution in [-0.4, -0.2) is 78.2 Å². The van der Waals surface area contributed by atoms with E-state index in [1.165, 1.54) is 0 Å². The minimum Gasteiger partial charge on any atom is -0.390 e. The minimum atomic E-state index is -0.877. The van der Waals surface area contributed by atoms with Crippen molar-refractivity contribution in [2.45, 2.75) is 77.9 Å². The molecule has 1 saturated heterocycles. The molecule has 250 valence electrons. The highest BCUT2D eigenvalue weighted by molar-refractivity contribution is 5.93. The number of fused-ring (bicyclic) bond motifs is 1. The van der Waals surface area contributed by atoms with Crippen molar-refractivity contribution < 1.29 is 24.2 Å². The van der Waals surface area contributed by atoms with E-state index in [0.717, 1.165) is 28.3 Å². The Labute approximate surface area is 278 Å². The van der Waals surface area contributed by atoms with E-state index in [9.17, 15) is 19.5 Å². The van der Waals surface area contributed by atoms with Gasteiger partial charge in [-0.15, -0.1) is 12.4 Å². The van der Waals surface area contributed by atoms with Crippen LogP contribution in [0.15, 0.2) is 72.8 Å². The molecule has 1 heterocycles. The van der Waals surface area contributed by atoms with Crippen LogP contribution in [0.25, 0.3) is 10.8 Å². The van der Waals surface area contributed by atoms with E-state index in [0.29, 0.717) is 26.1 Å². The maximum atomic E-state index is 13.5. The Morgan fingerprint density at radius 1 is 0.935 bits per heavy atom. The predicted octanol–water partition coefficient (Wildman–Crippen LogP) is 4.00. The Balaban J connectivity index is 0.00000576. The molecule has 0 aromatic heterocycles. The molecule has 1 aliphatic heterocycles. The lowest BCUT2D eigenvalue weighted by atomic mass is 9.94. The van der Waals surface area contributed by atoms with E-state index in [1.54, 1.807) is 4.90 Å². The summed E-state index contributed by atoms with van der Waals surface area (Å²) in [6.07, 6.45) is 0.662. The zero-order chi connectivity index (χ0) is 32.4. The molecule has 1 aliphatic rings. The lowest BCUT2D eigenvalue weighted by Gasteiger charge is -2.31. The highest BCUT2D eigenvalue weighted by Gasteiger charge is 2.39. The zero-order valence-corrected chi connectivity index (χ0v) is 28.1. The van der Waals surface area contributed by atoms with E-state index >= 15 is 0 Å². The van der Waals surface area contributed by atoms with Crippen molar-refractivity contribution in [1.82, 2.24) is 20.9 Å². The van der Waals surface area contributed by atoms with Crippen LogP contribution >= 0.6 is 12.4 Å². The molecule has 0 bridgehead atoms. The van der Waals surface area contributed by atoms with E-state index in [-0.39, 0.29) is 55.7 Å². The monoisotopic (exact) mass is 652 g/mol. The van der Waals surface area contributed by atoms with Gasteiger partial charge in [0, 0.05) is 38.0 Å². The van der Waals surface area contributed by atoms with Crippen LogP contribution in [-0.2, 0) is 32.1 Å². The number of aliphatic hydroxyl groups is 1. The first kappa shape index (κ1) is 37.0. The summed E-state index contributed by atoms with van der Waals surface area (Å²) in [7, 11) is 0. The number of carbonyl (C=O) groups excluding carboxylic acids is 3. The number of rotatable bonds is 14. The molecule has 0 radical (unpaired) electrons. The third-order valence-corrected chi connectivity index (χ3v) is 8.05. The zero-order valence-electron chi connectivity index (χ0n) is 27.3. The highest BCUT2D eigenvalue weighted by atomic mass is 35.5. The number of benzene rings is 3. The van der Waals surface area contributed by atoms with Gasteiger partial charge in [-0.25, -0.2) is 0 Å². The van der Waals surface area contributed by atoms with Crippen molar-refractivity contribution in [1.29, 1.82) is 0 Å². The summed E-state index contributed by atoms with van der Waals surface area (Å²) in [6, 6.07) is 22.4. The van der Waals surface area contributed by atoms with Crippen LogP contribution in [0.1, 0.15) is 51.7 Å². The molecule has 4 atom stereocenters. The summed E-state index contributed by atoms with van der Waals surface area (Å²) in [4.78, 5) is 41.7. The number of hydrogen-bond donors (Lipinski definition) is 4. The number of hydrogen-bond acceptors (Lipinski definition) is 6. The average molecular weight is 653 g/mol. The second kappa shape index (κ2) is 17.4. The van der Waals surface area contributed by atoms with E-state index in [2.05, 4.69) is 16.0 Å². The third kappa shape index (κ3) is 10.8. The third-order valence-electron chi connectivity index (χ3n) is 8.05. The summed E-state index contributed by atoms with van der Waals surface area (Å²) >= 11 is 0. The summed E-state index contributed by atoms with van der Waals surface area (Å²) in [5, 5.41) is 21.7. The summed E-state index contributed by atoms with van der Waals surface area (Å²) in [5.41, 5.74) is 1.38. The average Bonchev–Trinajstić information content (AvgIpc) is 3.52. The molecular weight excluding hydrogens is 604 g/mol. The van der Waals surface area contributed by atoms with Gasteiger partial charge >= 0.3 is 0 Å². The Hall–Kier alpha value is -3.50. The maximum Gasteiger partial charge on any atom is 0.243 e. The van der Waals surface area contributed by atoms with Gasteiger partial charge in [-0.1, -0.05) is 93.6 Å². The van der Waals surface area contributed by atoms with Gasteiger partial charge in [0.25, 0.3) is 0 Å². The van der Waals surface area contributed by atoms with Crippen LogP contribution in [0.5, 0.6) is 0 Å². The van der Waals surface area contributed by atoms with Gasteiger partial charge in [0.15, 0.2) is 0 Å². The molecule has 9 nitrogen and oxygen atoms in total. The number of ether oxygens (including phenoxy) is 1. The lowest BCUT2D eigenvalue weighted by molar-refractivity contribution is -0.145. The molecule has 4 rings (SSSR count). The molecule has 1 unspecified atom stereocenters. The summed E-state index contributed by atoms with van der Waals surface area (Å²) < 4.78 is 5.86. The van der Waals surface area contributed by atoms with Gasteiger partial charge in [-0.2, -0.15) is 0 Å². The molecule has 3 aromatic rings. The largest absolute Gasteiger partial charge is 0.390 e. The number of aliphatic hydroxyl groups excluding tert-OH is 1. The van der Waals surface area contributed by atoms with Crippen LogP contribution in [0.2, 0.25) is 0 Å². The molecule has 0 saturated carbocycles. The van der Waals surface area contributed by atoms with Crippen LogP contribution in [0.4, 0.5) is 0 Å². The number of nitrogens with zero attached hydrogens (tertiary/aromatic N) is 1. The maximum absolute atomic E-state index is 13.5. The molecule has 3 aromatic carbocycles. The number of halogens is 1. The van der Waals surface area contributed by atoms with Crippen molar-refractivity contribution in [2.75, 3.05) is 26.2 Å². The quantitative estimate of drug-likeness (QED) is 0.209. The SMILES string of the molecule is C[C@H](CNCC(O)CNC(=O)[C@@H](Cc1ccc2ccccc2c1)NC(=O)[C@@H]1CCCN1C(=O)C(C)(C)C)OCc1ccccc1.Cl.